The number of benzene rings is 2. The highest BCUT2D eigenvalue weighted by atomic mass is 19.2. The van der Waals surface area contributed by atoms with E-state index in [1.54, 1.807) is 20.3 Å². The highest BCUT2D eigenvalue weighted by Gasteiger charge is 2.30. The van der Waals surface area contributed by atoms with Crippen molar-refractivity contribution in [1.29, 1.82) is 0 Å². The van der Waals surface area contributed by atoms with Crippen LogP contribution in [0.5, 0.6) is 11.5 Å². The molecule has 0 N–H and O–H groups in total. The summed E-state index contributed by atoms with van der Waals surface area (Å²) >= 11 is 0. The van der Waals surface area contributed by atoms with Gasteiger partial charge in [0.2, 0.25) is 0 Å². The molecule has 3 nitrogen and oxygen atoms in total. The first-order valence-electron chi connectivity index (χ1n) is 14.5. The van der Waals surface area contributed by atoms with Crippen LogP contribution in [0.3, 0.4) is 0 Å². The van der Waals surface area contributed by atoms with Gasteiger partial charge in [-0.1, -0.05) is 70.9 Å². The lowest BCUT2D eigenvalue weighted by Crippen LogP contribution is -2.31. The van der Waals surface area contributed by atoms with E-state index in [0.29, 0.717) is 6.54 Å². The summed E-state index contributed by atoms with van der Waals surface area (Å²) in [4.78, 5) is 0. The molecule has 1 aliphatic rings. The van der Waals surface area contributed by atoms with Gasteiger partial charge >= 0.3 is 0 Å². The van der Waals surface area contributed by atoms with Crippen molar-refractivity contribution in [1.82, 2.24) is 0 Å². The van der Waals surface area contributed by atoms with Crippen LogP contribution in [0.25, 0.3) is 6.08 Å². The summed E-state index contributed by atoms with van der Waals surface area (Å²) in [6.07, 6.45) is 18.3. The summed E-state index contributed by atoms with van der Waals surface area (Å²) in [5.41, 5.74) is 5.62. The van der Waals surface area contributed by atoms with Crippen molar-refractivity contribution in [3.05, 3.63) is 64.2 Å². The number of fused-ring (bicyclic) bond motifs is 1. The number of hydrogen-bond donors (Lipinski definition) is 0. The Morgan fingerprint density at radius 1 is 0.868 bits per heavy atom. The molecule has 38 heavy (non-hydrogen) atoms. The van der Waals surface area contributed by atoms with Crippen molar-refractivity contribution < 1.29 is 22.8 Å². The fraction of sp³-hybridized carbons (Fsp3) is 0.545. The van der Waals surface area contributed by atoms with E-state index in [1.165, 1.54) is 80.3 Å². The standard InChI is InChI=1S/C33H46F2NO2/c1-5-7-9-11-13-14-16-27-26-20-21-36(24-25-18-19-29(34)30(35)22-25)31(17-15-12-10-8-6-2)28(26)23-32(37-3)33(27)38-4/h14,16,18-19,22-23H,5-13,15,17,20-21,24H2,1-4H3/q+1/b16-14-. The minimum absolute atomic E-state index is 0.553. The highest BCUT2D eigenvalue weighted by molar-refractivity contribution is 6.00. The van der Waals surface area contributed by atoms with Gasteiger partial charge in [0.25, 0.3) is 0 Å². The van der Waals surface area contributed by atoms with E-state index in [0.717, 1.165) is 54.9 Å². The second kappa shape index (κ2) is 15.7. The van der Waals surface area contributed by atoms with Gasteiger partial charge in [-0.15, -0.1) is 0 Å². The predicted octanol–water partition coefficient (Wildman–Crippen LogP) is 8.88. The lowest BCUT2D eigenvalue weighted by Gasteiger charge is -2.24. The third kappa shape index (κ3) is 7.91. The highest BCUT2D eigenvalue weighted by Crippen LogP contribution is 2.39. The molecule has 0 saturated carbocycles. The number of hydrogen-bond acceptors (Lipinski definition) is 2. The molecule has 0 aliphatic carbocycles. The zero-order valence-corrected chi connectivity index (χ0v) is 23.9. The predicted molar refractivity (Wildman–Crippen MR) is 154 cm³/mol. The first-order chi connectivity index (χ1) is 18.5. The van der Waals surface area contributed by atoms with E-state index >= 15 is 0 Å². The topological polar surface area (TPSA) is 21.5 Å². The average molecular weight is 527 g/mol. The van der Waals surface area contributed by atoms with Crippen LogP contribution in [-0.4, -0.2) is 31.1 Å². The molecule has 0 bridgehead atoms. The number of ether oxygens (including phenoxy) is 2. The zero-order valence-electron chi connectivity index (χ0n) is 23.9. The van der Waals surface area contributed by atoms with Crippen LogP contribution in [0.2, 0.25) is 0 Å². The van der Waals surface area contributed by atoms with Crippen LogP contribution >= 0.6 is 0 Å². The van der Waals surface area contributed by atoms with Gasteiger partial charge in [-0.3, -0.25) is 0 Å². The third-order valence-corrected chi connectivity index (χ3v) is 7.53. The van der Waals surface area contributed by atoms with Gasteiger partial charge in [-0.2, -0.15) is 0 Å². The molecule has 208 valence electrons. The normalized spacial score (nSPS) is 13.3. The molecular weight excluding hydrogens is 480 g/mol. The summed E-state index contributed by atoms with van der Waals surface area (Å²) in [6.45, 7) is 5.84. The van der Waals surface area contributed by atoms with Crippen molar-refractivity contribution in [3.63, 3.8) is 0 Å². The Morgan fingerprint density at radius 3 is 2.29 bits per heavy atom. The quantitative estimate of drug-likeness (QED) is 0.161. The number of rotatable bonds is 16. The third-order valence-electron chi connectivity index (χ3n) is 7.53. The fourth-order valence-electron chi connectivity index (χ4n) is 5.43. The monoisotopic (exact) mass is 526 g/mol. The Hall–Kier alpha value is -2.69. The zero-order chi connectivity index (χ0) is 27.3. The van der Waals surface area contributed by atoms with Crippen molar-refractivity contribution >= 4 is 11.8 Å². The van der Waals surface area contributed by atoms with Gasteiger partial charge < -0.3 is 9.47 Å². The summed E-state index contributed by atoms with van der Waals surface area (Å²) in [5, 5.41) is 0. The molecule has 0 radical (unpaired) electrons. The largest absolute Gasteiger partial charge is 0.493 e. The molecule has 0 spiro atoms. The molecule has 0 amide bonds. The van der Waals surface area contributed by atoms with E-state index < -0.39 is 11.6 Å². The summed E-state index contributed by atoms with van der Waals surface area (Å²) in [5.74, 6) is -0.0814. The first kappa shape index (κ1) is 29.9. The minimum Gasteiger partial charge on any atom is -0.493 e. The minimum atomic E-state index is -0.805. The maximum atomic E-state index is 14.0. The lowest BCUT2D eigenvalue weighted by atomic mass is 9.88. The van der Waals surface area contributed by atoms with Crippen LogP contribution in [0.15, 0.2) is 30.3 Å². The van der Waals surface area contributed by atoms with Crippen molar-refractivity contribution in [2.24, 2.45) is 0 Å². The van der Waals surface area contributed by atoms with Crippen molar-refractivity contribution in [3.8, 4) is 11.5 Å². The average Bonchev–Trinajstić information content (AvgIpc) is 2.92. The Bertz CT molecular complexity index is 1110. The van der Waals surface area contributed by atoms with Gasteiger partial charge in [0.1, 0.15) is 6.54 Å². The number of allylic oxidation sites excluding steroid dienone is 1. The van der Waals surface area contributed by atoms with Crippen molar-refractivity contribution in [2.75, 3.05) is 20.8 Å². The van der Waals surface area contributed by atoms with Crippen LogP contribution in [0.1, 0.15) is 107 Å². The van der Waals surface area contributed by atoms with Crippen LogP contribution < -0.4 is 9.47 Å². The molecule has 0 atom stereocenters. The van der Waals surface area contributed by atoms with Gasteiger partial charge in [0.05, 0.1) is 14.2 Å². The number of unbranched alkanes of at least 4 members (excludes halogenated alkanes) is 8. The summed E-state index contributed by atoms with van der Waals surface area (Å²) in [6, 6.07) is 6.36. The molecular formula is C33H46F2NO2+. The molecule has 5 heteroatoms. The lowest BCUT2D eigenvalue weighted by molar-refractivity contribution is -0.545. The SMILES string of the molecule is CCCCCC/C=C\c1c2c(cc(OC)c1OC)C(CCCCCCC)=[N+](Cc1ccc(F)c(F)c1)CC2. The molecule has 1 heterocycles. The molecule has 1 aliphatic heterocycles. The van der Waals surface area contributed by atoms with E-state index in [1.807, 2.05) is 0 Å². The van der Waals surface area contributed by atoms with Gasteiger partial charge in [-0.05, 0) is 49.1 Å². The molecule has 0 saturated heterocycles. The van der Waals surface area contributed by atoms with Crippen LogP contribution in [0.4, 0.5) is 8.78 Å². The van der Waals surface area contributed by atoms with E-state index in [2.05, 4.69) is 36.6 Å². The maximum Gasteiger partial charge on any atom is 0.184 e. The van der Waals surface area contributed by atoms with E-state index in [-0.39, 0.29) is 0 Å². The second-order valence-electron chi connectivity index (χ2n) is 10.3. The molecule has 2 aromatic carbocycles. The Morgan fingerprint density at radius 2 is 1.61 bits per heavy atom. The van der Waals surface area contributed by atoms with E-state index in [9.17, 15) is 8.78 Å². The Labute approximate surface area is 228 Å². The van der Waals surface area contributed by atoms with Gasteiger partial charge in [0.15, 0.2) is 35.4 Å². The molecule has 2 aromatic rings. The first-order valence-corrected chi connectivity index (χ1v) is 14.5. The van der Waals surface area contributed by atoms with E-state index in [4.69, 9.17) is 9.47 Å². The Kier molecular flexibility index (Phi) is 12.3. The van der Waals surface area contributed by atoms with Crippen LogP contribution in [0, 0.1) is 11.6 Å². The number of methoxy groups -OCH3 is 2. The fourth-order valence-corrected chi connectivity index (χ4v) is 5.43. The van der Waals surface area contributed by atoms with Crippen molar-refractivity contribution in [2.45, 2.75) is 97.4 Å². The second-order valence-corrected chi connectivity index (χ2v) is 10.3. The van der Waals surface area contributed by atoms with Gasteiger partial charge in [-0.25, -0.2) is 13.4 Å². The maximum absolute atomic E-state index is 14.0. The molecule has 0 aromatic heterocycles. The summed E-state index contributed by atoms with van der Waals surface area (Å²) in [7, 11) is 3.40. The molecule has 3 rings (SSSR count). The van der Waals surface area contributed by atoms with Gasteiger partial charge in [0, 0.05) is 29.5 Å². The molecule has 0 fully saturated rings. The summed E-state index contributed by atoms with van der Waals surface area (Å²) < 4.78 is 41.6. The Balaban J connectivity index is 2.01. The van der Waals surface area contributed by atoms with Crippen LogP contribution in [-0.2, 0) is 13.0 Å². The number of halogens is 2. The molecule has 0 unspecified atom stereocenters. The smallest absolute Gasteiger partial charge is 0.184 e. The number of nitrogens with zero attached hydrogens (tertiary/aromatic N) is 1.